The number of hydrogen-bond donors (Lipinski definition) is 1. The van der Waals surface area contributed by atoms with Crippen molar-refractivity contribution < 1.29 is 33.4 Å². The maximum Gasteiger partial charge on any atom is 0.316 e. The maximum absolute atomic E-state index is 13.7. The number of esters is 2. The lowest BCUT2D eigenvalue weighted by molar-refractivity contribution is -0.170. The van der Waals surface area contributed by atoms with Gasteiger partial charge in [-0.1, -0.05) is 12.1 Å². The third-order valence-corrected chi connectivity index (χ3v) is 4.41. The van der Waals surface area contributed by atoms with E-state index in [-0.39, 0.29) is 5.56 Å². The molecule has 4 atom stereocenters. The van der Waals surface area contributed by atoms with Crippen molar-refractivity contribution in [2.75, 3.05) is 14.2 Å². The molecule has 1 saturated carbocycles. The number of ketones is 1. The molecule has 0 spiro atoms. The van der Waals surface area contributed by atoms with E-state index in [9.17, 15) is 23.9 Å². The highest BCUT2D eigenvalue weighted by Crippen LogP contribution is 2.46. The number of carbonyl (C=O) groups excluding carboxylic acids is 3. The van der Waals surface area contributed by atoms with Gasteiger partial charge in [-0.15, -0.1) is 0 Å². The highest BCUT2D eigenvalue weighted by Gasteiger charge is 2.56. The molecule has 2 rings (SSSR count). The summed E-state index contributed by atoms with van der Waals surface area (Å²) in [5.41, 5.74) is -1.49. The molecule has 1 fully saturated rings. The Kier molecular flexibility index (Phi) is 5.03. The summed E-state index contributed by atoms with van der Waals surface area (Å²) < 4.78 is 23.1. The Morgan fingerprint density at radius 2 is 1.88 bits per heavy atom. The molecule has 1 aliphatic rings. The molecular weight excluding hydrogens is 319 g/mol. The van der Waals surface area contributed by atoms with Gasteiger partial charge >= 0.3 is 11.9 Å². The van der Waals surface area contributed by atoms with E-state index < -0.39 is 53.3 Å². The lowest BCUT2D eigenvalue weighted by atomic mass is 9.62. The van der Waals surface area contributed by atoms with Crippen molar-refractivity contribution in [3.63, 3.8) is 0 Å². The molecule has 0 unspecified atom stereocenters. The SMILES string of the molecule is COC(=O)[C@@H]1C(=O)C[C@](C)(O)[C@@H](C(=O)OC)[C@@H]1c1cccc(F)c1. The molecule has 1 aliphatic carbocycles. The van der Waals surface area contributed by atoms with Gasteiger partial charge in [0.15, 0.2) is 5.78 Å². The minimum Gasteiger partial charge on any atom is -0.469 e. The summed E-state index contributed by atoms with van der Waals surface area (Å²) in [7, 11) is 2.27. The topological polar surface area (TPSA) is 89.9 Å². The van der Waals surface area contributed by atoms with Crippen LogP contribution in [-0.2, 0) is 23.9 Å². The van der Waals surface area contributed by atoms with Crippen LogP contribution in [-0.4, -0.2) is 42.6 Å². The second kappa shape index (κ2) is 6.68. The van der Waals surface area contributed by atoms with Crippen LogP contribution < -0.4 is 0 Å². The molecule has 0 bridgehead atoms. The molecule has 0 radical (unpaired) electrons. The molecule has 0 aromatic heterocycles. The normalized spacial score (nSPS) is 29.9. The van der Waals surface area contributed by atoms with E-state index in [1.807, 2.05) is 0 Å². The van der Waals surface area contributed by atoms with Crippen molar-refractivity contribution in [2.45, 2.75) is 24.9 Å². The monoisotopic (exact) mass is 338 g/mol. The molecule has 7 heteroatoms. The van der Waals surface area contributed by atoms with Crippen molar-refractivity contribution in [3.05, 3.63) is 35.6 Å². The van der Waals surface area contributed by atoms with E-state index in [1.54, 1.807) is 0 Å². The summed E-state index contributed by atoms with van der Waals surface area (Å²) in [5, 5.41) is 10.6. The Morgan fingerprint density at radius 3 is 2.42 bits per heavy atom. The van der Waals surface area contributed by atoms with Gasteiger partial charge < -0.3 is 14.6 Å². The first kappa shape index (κ1) is 18.1. The van der Waals surface area contributed by atoms with Crippen molar-refractivity contribution in [2.24, 2.45) is 11.8 Å². The standard InChI is InChI=1S/C17H19FO6/c1-17(22)8-11(19)13(15(20)23-2)12(14(17)16(21)24-3)9-5-4-6-10(18)7-9/h4-7,12-14,22H,8H2,1-3H3/t12-,13-,14-,17+/m1/s1. The first-order valence-electron chi connectivity index (χ1n) is 7.39. The average Bonchev–Trinajstić information content (AvgIpc) is 2.52. The summed E-state index contributed by atoms with van der Waals surface area (Å²) >= 11 is 0. The lowest BCUT2D eigenvalue weighted by Gasteiger charge is -2.43. The van der Waals surface area contributed by atoms with Gasteiger partial charge in [-0.3, -0.25) is 14.4 Å². The second-order valence-electron chi connectivity index (χ2n) is 6.08. The van der Waals surface area contributed by atoms with E-state index in [0.717, 1.165) is 20.3 Å². The molecule has 0 amide bonds. The highest BCUT2D eigenvalue weighted by molar-refractivity contribution is 6.02. The molecule has 0 saturated heterocycles. The fraction of sp³-hybridized carbons (Fsp3) is 0.471. The van der Waals surface area contributed by atoms with Gasteiger partial charge in [0.1, 0.15) is 11.7 Å². The third-order valence-electron chi connectivity index (χ3n) is 4.41. The van der Waals surface area contributed by atoms with Crippen LogP contribution in [0.1, 0.15) is 24.8 Å². The third kappa shape index (κ3) is 3.17. The summed E-state index contributed by atoms with van der Waals surface area (Å²) in [6.45, 7) is 1.33. The summed E-state index contributed by atoms with van der Waals surface area (Å²) in [6.07, 6.45) is -0.404. The zero-order chi connectivity index (χ0) is 18.1. The Hall–Kier alpha value is -2.28. The Bertz CT molecular complexity index is 669. The van der Waals surface area contributed by atoms with Gasteiger partial charge in [0.25, 0.3) is 0 Å². The molecule has 1 aromatic carbocycles. The number of hydrogen-bond acceptors (Lipinski definition) is 6. The van der Waals surface area contributed by atoms with Gasteiger partial charge in [-0.05, 0) is 24.6 Å². The fourth-order valence-corrected chi connectivity index (χ4v) is 3.38. The predicted molar refractivity (Wildman–Crippen MR) is 80.4 cm³/mol. The maximum atomic E-state index is 13.7. The summed E-state index contributed by atoms with van der Waals surface area (Å²) in [5.74, 6) is -6.39. The smallest absolute Gasteiger partial charge is 0.316 e. The van der Waals surface area contributed by atoms with Crippen LogP contribution in [0.15, 0.2) is 24.3 Å². The van der Waals surface area contributed by atoms with Crippen molar-refractivity contribution in [1.29, 1.82) is 0 Å². The van der Waals surface area contributed by atoms with E-state index in [4.69, 9.17) is 4.74 Å². The molecule has 1 aromatic rings. The number of aliphatic hydroxyl groups is 1. The fourth-order valence-electron chi connectivity index (χ4n) is 3.38. The van der Waals surface area contributed by atoms with Gasteiger partial charge in [0.05, 0.1) is 25.7 Å². The highest BCUT2D eigenvalue weighted by atomic mass is 19.1. The van der Waals surface area contributed by atoms with Gasteiger partial charge in [0, 0.05) is 12.3 Å². The number of Topliss-reactive ketones (excluding diaryl/α,β-unsaturated/α-hetero) is 1. The van der Waals surface area contributed by atoms with Crippen molar-refractivity contribution in [3.8, 4) is 0 Å². The number of methoxy groups -OCH3 is 2. The average molecular weight is 338 g/mol. The largest absolute Gasteiger partial charge is 0.469 e. The lowest BCUT2D eigenvalue weighted by Crippen LogP contribution is -2.55. The van der Waals surface area contributed by atoms with Crippen LogP contribution in [0.2, 0.25) is 0 Å². The minimum absolute atomic E-state index is 0.245. The number of benzene rings is 1. The zero-order valence-electron chi connectivity index (χ0n) is 13.6. The second-order valence-corrected chi connectivity index (χ2v) is 6.08. The predicted octanol–water partition coefficient (Wildman–Crippen LogP) is 1.21. The molecule has 0 heterocycles. The zero-order valence-corrected chi connectivity index (χ0v) is 13.6. The van der Waals surface area contributed by atoms with Crippen LogP contribution in [0, 0.1) is 17.7 Å². The van der Waals surface area contributed by atoms with Gasteiger partial charge in [0.2, 0.25) is 0 Å². The van der Waals surface area contributed by atoms with Crippen LogP contribution >= 0.6 is 0 Å². The summed E-state index contributed by atoms with van der Waals surface area (Å²) in [4.78, 5) is 36.8. The first-order chi connectivity index (χ1) is 11.2. The molecule has 0 aliphatic heterocycles. The van der Waals surface area contributed by atoms with Crippen LogP contribution in [0.3, 0.4) is 0 Å². The van der Waals surface area contributed by atoms with E-state index in [0.29, 0.717) is 0 Å². The molecule has 1 N–H and O–H groups in total. The van der Waals surface area contributed by atoms with Crippen molar-refractivity contribution in [1.82, 2.24) is 0 Å². The van der Waals surface area contributed by atoms with Gasteiger partial charge in [-0.25, -0.2) is 4.39 Å². The van der Waals surface area contributed by atoms with Gasteiger partial charge in [-0.2, -0.15) is 0 Å². The van der Waals surface area contributed by atoms with Crippen LogP contribution in [0.5, 0.6) is 0 Å². The minimum atomic E-state index is -1.73. The number of carbonyl (C=O) groups is 3. The quantitative estimate of drug-likeness (QED) is 0.658. The van der Waals surface area contributed by atoms with Crippen molar-refractivity contribution >= 4 is 17.7 Å². The van der Waals surface area contributed by atoms with E-state index in [2.05, 4.69) is 4.74 Å². The molecule has 6 nitrogen and oxygen atoms in total. The first-order valence-corrected chi connectivity index (χ1v) is 7.39. The van der Waals surface area contributed by atoms with Crippen LogP contribution in [0.4, 0.5) is 4.39 Å². The Labute approximate surface area is 138 Å². The number of halogens is 1. The summed E-state index contributed by atoms with van der Waals surface area (Å²) in [6, 6.07) is 5.23. The number of ether oxygens (including phenoxy) is 2. The Balaban J connectivity index is 2.65. The number of rotatable bonds is 3. The van der Waals surface area contributed by atoms with E-state index in [1.165, 1.54) is 25.1 Å². The van der Waals surface area contributed by atoms with Crippen LogP contribution in [0.25, 0.3) is 0 Å². The molecular formula is C17H19FO6. The van der Waals surface area contributed by atoms with E-state index >= 15 is 0 Å². The molecule has 24 heavy (non-hydrogen) atoms. The molecule has 130 valence electrons. The Morgan fingerprint density at radius 1 is 1.25 bits per heavy atom.